The molecule has 1 aliphatic rings. The molecule has 0 amide bonds. The van der Waals surface area contributed by atoms with Gasteiger partial charge in [0.1, 0.15) is 0 Å². The van der Waals surface area contributed by atoms with Crippen LogP contribution in [0.25, 0.3) is 0 Å². The van der Waals surface area contributed by atoms with Crippen LogP contribution in [0.4, 0.5) is 5.69 Å². The van der Waals surface area contributed by atoms with Gasteiger partial charge in [0, 0.05) is 45.0 Å². The molecular formula is C16H24N4O2S. The zero-order valence-electron chi connectivity index (χ0n) is 13.7. The Morgan fingerprint density at radius 2 is 1.83 bits per heavy atom. The van der Waals surface area contributed by atoms with Crippen LogP contribution in [0.2, 0.25) is 0 Å². The highest BCUT2D eigenvalue weighted by molar-refractivity contribution is 7.86. The molecular weight excluding hydrogens is 312 g/mol. The van der Waals surface area contributed by atoms with E-state index in [-0.39, 0.29) is 12.5 Å². The van der Waals surface area contributed by atoms with E-state index in [1.165, 1.54) is 8.61 Å². The van der Waals surface area contributed by atoms with Crippen molar-refractivity contribution in [2.75, 3.05) is 44.2 Å². The Bertz CT molecular complexity index is 634. The Balaban J connectivity index is 2.01. The molecule has 1 aromatic carbocycles. The van der Waals surface area contributed by atoms with Crippen molar-refractivity contribution in [1.82, 2.24) is 8.61 Å². The minimum Gasteiger partial charge on any atom is -0.369 e. The molecule has 0 N–H and O–H groups in total. The fourth-order valence-corrected chi connectivity index (χ4v) is 4.40. The normalized spacial score (nSPS) is 17.9. The number of hydrogen-bond acceptors (Lipinski definition) is 4. The van der Waals surface area contributed by atoms with Crippen LogP contribution in [0.1, 0.15) is 13.8 Å². The summed E-state index contributed by atoms with van der Waals surface area (Å²) in [6.07, 6.45) is 0. The van der Waals surface area contributed by atoms with Gasteiger partial charge in [-0.2, -0.15) is 22.3 Å². The molecule has 0 saturated carbocycles. The minimum atomic E-state index is -3.50. The van der Waals surface area contributed by atoms with Crippen molar-refractivity contribution in [1.29, 1.82) is 5.26 Å². The van der Waals surface area contributed by atoms with Crippen LogP contribution < -0.4 is 4.90 Å². The first kappa shape index (κ1) is 17.7. The minimum absolute atomic E-state index is 0.244. The van der Waals surface area contributed by atoms with Crippen molar-refractivity contribution < 1.29 is 8.42 Å². The van der Waals surface area contributed by atoms with Gasteiger partial charge in [0.2, 0.25) is 0 Å². The first-order chi connectivity index (χ1) is 11.0. The average Bonchev–Trinajstić information content (AvgIpc) is 2.60. The molecule has 1 heterocycles. The Hall–Kier alpha value is -1.62. The summed E-state index contributed by atoms with van der Waals surface area (Å²) in [7, 11) is -3.50. The SMILES string of the molecule is CCN(C[C@H](C)C#N)S(=O)(=O)N1CCN(c2ccccc2)CC1. The van der Waals surface area contributed by atoms with Crippen LogP contribution in [0, 0.1) is 17.2 Å². The molecule has 2 rings (SSSR count). The number of hydrogen-bond donors (Lipinski definition) is 0. The lowest BCUT2D eigenvalue weighted by molar-refractivity contribution is 0.320. The van der Waals surface area contributed by atoms with Crippen LogP contribution in [0.15, 0.2) is 30.3 Å². The van der Waals surface area contributed by atoms with E-state index < -0.39 is 10.2 Å². The fraction of sp³-hybridized carbons (Fsp3) is 0.562. The molecule has 0 aliphatic carbocycles. The summed E-state index contributed by atoms with van der Waals surface area (Å²) in [6, 6.07) is 12.1. The molecule has 0 bridgehead atoms. The van der Waals surface area contributed by atoms with Gasteiger partial charge in [-0.05, 0) is 19.1 Å². The second-order valence-electron chi connectivity index (χ2n) is 5.71. The number of rotatable bonds is 6. The predicted octanol–water partition coefficient (Wildman–Crippen LogP) is 1.53. The standard InChI is InChI=1S/C16H24N4O2S/c1-3-19(14-15(2)13-17)23(21,22)20-11-9-18(10-12-20)16-7-5-4-6-8-16/h4-8,15H,3,9-12,14H2,1-2H3/t15-/m1/s1. The largest absolute Gasteiger partial charge is 0.369 e. The third-order valence-corrected chi connectivity index (χ3v) is 6.14. The van der Waals surface area contributed by atoms with Crippen molar-refractivity contribution in [3.05, 3.63) is 30.3 Å². The summed E-state index contributed by atoms with van der Waals surface area (Å²) in [5, 5.41) is 8.92. The first-order valence-corrected chi connectivity index (χ1v) is 9.33. The highest BCUT2D eigenvalue weighted by atomic mass is 32.2. The second-order valence-corrected chi connectivity index (χ2v) is 7.64. The van der Waals surface area contributed by atoms with Crippen molar-refractivity contribution in [2.24, 2.45) is 5.92 Å². The van der Waals surface area contributed by atoms with Gasteiger partial charge < -0.3 is 4.90 Å². The molecule has 1 aliphatic heterocycles. The van der Waals surface area contributed by atoms with Gasteiger partial charge in [-0.15, -0.1) is 0 Å². The second kappa shape index (κ2) is 7.77. The molecule has 23 heavy (non-hydrogen) atoms. The van der Waals surface area contributed by atoms with E-state index in [4.69, 9.17) is 5.26 Å². The third kappa shape index (κ3) is 4.22. The lowest BCUT2D eigenvalue weighted by Gasteiger charge is -2.37. The van der Waals surface area contributed by atoms with Crippen molar-refractivity contribution >= 4 is 15.9 Å². The van der Waals surface area contributed by atoms with Gasteiger partial charge in [0.25, 0.3) is 10.2 Å². The van der Waals surface area contributed by atoms with Gasteiger partial charge in [0.05, 0.1) is 12.0 Å². The van der Waals surface area contributed by atoms with E-state index in [1.807, 2.05) is 37.3 Å². The maximum absolute atomic E-state index is 12.7. The smallest absolute Gasteiger partial charge is 0.282 e. The number of piperazine rings is 1. The van der Waals surface area contributed by atoms with Crippen LogP contribution >= 0.6 is 0 Å². The maximum Gasteiger partial charge on any atom is 0.282 e. The van der Waals surface area contributed by atoms with Gasteiger partial charge in [-0.1, -0.05) is 25.1 Å². The highest BCUT2D eigenvalue weighted by Crippen LogP contribution is 2.19. The molecule has 0 radical (unpaired) electrons. The van der Waals surface area contributed by atoms with Gasteiger partial charge in [0.15, 0.2) is 0 Å². The summed E-state index contributed by atoms with van der Waals surface area (Å²) in [5.74, 6) is -0.310. The number of nitrogens with zero attached hydrogens (tertiary/aromatic N) is 4. The summed E-state index contributed by atoms with van der Waals surface area (Å²) < 4.78 is 28.4. The predicted molar refractivity (Wildman–Crippen MR) is 91.2 cm³/mol. The summed E-state index contributed by atoms with van der Waals surface area (Å²) in [6.45, 7) is 6.46. The van der Waals surface area contributed by atoms with Crippen LogP contribution in [0.5, 0.6) is 0 Å². The third-order valence-electron chi connectivity index (χ3n) is 4.06. The lowest BCUT2D eigenvalue weighted by atomic mass is 10.2. The molecule has 0 aromatic heterocycles. The van der Waals surface area contributed by atoms with Crippen LogP contribution in [-0.2, 0) is 10.2 Å². The Kier molecular flexibility index (Phi) is 5.99. The molecule has 0 spiro atoms. The van der Waals surface area contributed by atoms with E-state index in [1.54, 1.807) is 6.92 Å². The Morgan fingerprint density at radius 3 is 2.35 bits per heavy atom. The topological polar surface area (TPSA) is 67.6 Å². The summed E-state index contributed by atoms with van der Waals surface area (Å²) >= 11 is 0. The lowest BCUT2D eigenvalue weighted by Crippen LogP contribution is -2.53. The monoisotopic (exact) mass is 336 g/mol. The van der Waals surface area contributed by atoms with Gasteiger partial charge >= 0.3 is 0 Å². The number of anilines is 1. The zero-order valence-corrected chi connectivity index (χ0v) is 14.5. The molecule has 0 unspecified atom stereocenters. The van der Waals surface area contributed by atoms with Crippen molar-refractivity contribution in [2.45, 2.75) is 13.8 Å². The van der Waals surface area contributed by atoms with Crippen molar-refractivity contribution in [3.8, 4) is 6.07 Å². The van der Waals surface area contributed by atoms with Gasteiger partial charge in [-0.25, -0.2) is 0 Å². The number of para-hydroxylation sites is 1. The fourth-order valence-electron chi connectivity index (χ4n) is 2.71. The molecule has 1 atom stereocenters. The van der Waals surface area contributed by atoms with Crippen LogP contribution in [-0.4, -0.2) is 56.3 Å². The number of nitriles is 1. The quantitative estimate of drug-likeness (QED) is 0.790. The number of benzene rings is 1. The van der Waals surface area contributed by atoms with E-state index >= 15 is 0 Å². The summed E-state index contributed by atoms with van der Waals surface area (Å²) in [5.41, 5.74) is 1.12. The van der Waals surface area contributed by atoms with E-state index in [0.717, 1.165) is 5.69 Å². The Morgan fingerprint density at radius 1 is 1.22 bits per heavy atom. The van der Waals surface area contributed by atoms with Crippen LogP contribution in [0.3, 0.4) is 0 Å². The molecule has 1 aromatic rings. The summed E-state index contributed by atoms with van der Waals surface area (Å²) in [4.78, 5) is 2.19. The first-order valence-electron chi connectivity index (χ1n) is 7.94. The molecule has 6 nitrogen and oxygen atoms in total. The maximum atomic E-state index is 12.7. The van der Waals surface area contributed by atoms with E-state index in [9.17, 15) is 8.42 Å². The van der Waals surface area contributed by atoms with Gasteiger partial charge in [-0.3, -0.25) is 0 Å². The highest BCUT2D eigenvalue weighted by Gasteiger charge is 2.32. The van der Waals surface area contributed by atoms with E-state index in [0.29, 0.717) is 32.7 Å². The zero-order chi connectivity index (χ0) is 16.9. The molecule has 7 heteroatoms. The van der Waals surface area contributed by atoms with E-state index in [2.05, 4.69) is 11.0 Å². The Labute approximate surface area is 139 Å². The molecule has 1 fully saturated rings. The molecule has 126 valence electrons. The van der Waals surface area contributed by atoms with Crippen molar-refractivity contribution in [3.63, 3.8) is 0 Å². The average molecular weight is 336 g/mol. The molecule has 1 saturated heterocycles.